The van der Waals surface area contributed by atoms with Gasteiger partial charge in [-0.1, -0.05) is 5.06 Å². The molecule has 2 amide bonds. The molecule has 2 unspecified atom stereocenters. The molecule has 2 saturated heterocycles. The summed E-state index contributed by atoms with van der Waals surface area (Å²) in [5, 5.41) is 22.6. The maximum absolute atomic E-state index is 11.9. The fourth-order valence-corrected chi connectivity index (χ4v) is 4.44. The summed E-state index contributed by atoms with van der Waals surface area (Å²) in [6.07, 6.45) is -3.09. The SMILES string of the molecule is CC(Cc1ccc(C(O)N2CC[N]([Tl])CC2)cc1[N+](=O)[O-])OC(=O)ON1C(=O)CCC1=O. The zero-order valence-electron chi connectivity index (χ0n) is 17.5. The molecule has 32 heavy (non-hydrogen) atoms. The van der Waals surface area contributed by atoms with Gasteiger partial charge in [-0.15, -0.1) is 0 Å². The van der Waals surface area contributed by atoms with E-state index in [1.807, 2.05) is 4.90 Å². The second kappa shape index (κ2) is 10.6. The normalized spacial score (nSPS) is 19.6. The Hall–Kier alpha value is -2.17. The molecule has 0 bridgehead atoms. The third-order valence-corrected chi connectivity index (χ3v) is 7.28. The Bertz CT molecular complexity index is 889. The number of nitrogens with zero attached hydrogens (tertiary/aromatic N) is 4. The Morgan fingerprint density at radius 2 is 1.84 bits per heavy atom. The van der Waals surface area contributed by atoms with Gasteiger partial charge in [-0.2, -0.15) is 0 Å². The van der Waals surface area contributed by atoms with Gasteiger partial charge in [0, 0.05) is 12.8 Å². The second-order valence-electron chi connectivity index (χ2n) is 7.65. The summed E-state index contributed by atoms with van der Waals surface area (Å²) in [6, 6.07) is 4.48. The van der Waals surface area contributed by atoms with Gasteiger partial charge in [0.15, 0.2) is 0 Å². The van der Waals surface area contributed by atoms with Crippen LogP contribution in [-0.4, -0.2) is 99.0 Å². The van der Waals surface area contributed by atoms with Crippen LogP contribution in [-0.2, 0) is 25.6 Å². The van der Waals surface area contributed by atoms with Crippen molar-refractivity contribution in [1.29, 1.82) is 0 Å². The van der Waals surface area contributed by atoms with Crippen LogP contribution >= 0.6 is 0 Å². The molecule has 0 aromatic heterocycles. The van der Waals surface area contributed by atoms with Crippen molar-refractivity contribution in [3.63, 3.8) is 0 Å². The maximum atomic E-state index is 11.9. The van der Waals surface area contributed by atoms with Gasteiger partial charge in [-0.3, -0.25) is 14.4 Å². The molecule has 0 radical (unpaired) electrons. The number of benzene rings is 1. The first-order chi connectivity index (χ1) is 15.2. The Kier molecular flexibility index (Phi) is 8.13. The average molecular weight is 640 g/mol. The zero-order chi connectivity index (χ0) is 23.4. The van der Waals surface area contributed by atoms with Crippen molar-refractivity contribution < 1.29 is 34.0 Å². The van der Waals surface area contributed by atoms with E-state index < -0.39 is 35.2 Å². The third kappa shape index (κ3) is 5.99. The number of nitro groups is 1. The van der Waals surface area contributed by atoms with E-state index in [2.05, 4.69) is 7.55 Å². The van der Waals surface area contributed by atoms with Gasteiger partial charge in [0.1, 0.15) is 0 Å². The molecule has 1 N–H and O–H groups in total. The Morgan fingerprint density at radius 3 is 2.44 bits per heavy atom. The number of ether oxygens (including phenoxy) is 1. The minimum Gasteiger partial charge on any atom is -0.295 e. The van der Waals surface area contributed by atoms with Crippen molar-refractivity contribution in [2.75, 3.05) is 26.2 Å². The number of imide groups is 1. The molecule has 2 aliphatic rings. The number of piperazine rings is 1. The molecule has 3 rings (SSSR count). The van der Waals surface area contributed by atoms with Crippen LogP contribution in [0.25, 0.3) is 0 Å². The van der Waals surface area contributed by atoms with E-state index in [1.165, 1.54) is 19.1 Å². The second-order valence-corrected chi connectivity index (χ2v) is 10.5. The number of nitro benzene ring substituents is 1. The van der Waals surface area contributed by atoms with Crippen molar-refractivity contribution in [3.05, 3.63) is 39.4 Å². The number of amides is 2. The molecule has 170 valence electrons. The van der Waals surface area contributed by atoms with Crippen LogP contribution in [0.15, 0.2) is 18.2 Å². The summed E-state index contributed by atoms with van der Waals surface area (Å²) in [5.74, 6) is -1.26. The molecule has 0 spiro atoms. The van der Waals surface area contributed by atoms with Crippen LogP contribution in [0.5, 0.6) is 0 Å². The van der Waals surface area contributed by atoms with Gasteiger partial charge in [0.2, 0.25) is 0 Å². The van der Waals surface area contributed by atoms with Crippen LogP contribution < -0.4 is 0 Å². The van der Waals surface area contributed by atoms with Gasteiger partial charge in [0.25, 0.3) is 11.8 Å². The summed E-state index contributed by atoms with van der Waals surface area (Å²) in [5.41, 5.74) is 0.534. The van der Waals surface area contributed by atoms with Crippen LogP contribution in [0.4, 0.5) is 10.5 Å². The molecular weight excluding hydrogens is 617 g/mol. The minimum absolute atomic E-state index is 0.00371. The number of hydroxylamine groups is 2. The number of aliphatic hydroxyl groups is 1. The molecule has 0 aliphatic carbocycles. The fraction of sp³-hybridized carbons (Fsp3) is 0.526. The molecule has 2 aliphatic heterocycles. The van der Waals surface area contributed by atoms with Gasteiger partial charge in [-0.05, 0) is 0 Å². The van der Waals surface area contributed by atoms with Crippen molar-refractivity contribution in [2.45, 2.75) is 38.5 Å². The first-order valence-electron chi connectivity index (χ1n) is 10.1. The molecule has 2 fully saturated rings. The van der Waals surface area contributed by atoms with E-state index in [4.69, 9.17) is 4.74 Å². The quantitative estimate of drug-likeness (QED) is 0.147. The van der Waals surface area contributed by atoms with Gasteiger partial charge in [0.05, 0.1) is 0 Å². The minimum atomic E-state index is -1.24. The smallest absolute Gasteiger partial charge is 0.295 e. The molecule has 2 atom stereocenters. The van der Waals surface area contributed by atoms with Crippen molar-refractivity contribution in [2.24, 2.45) is 0 Å². The van der Waals surface area contributed by atoms with E-state index in [9.17, 15) is 29.6 Å². The summed E-state index contributed by atoms with van der Waals surface area (Å²) < 4.78 is 7.34. The average Bonchev–Trinajstić information content (AvgIpc) is 3.05. The molecule has 1 aromatic rings. The molecule has 12 nitrogen and oxygen atoms in total. The third-order valence-electron chi connectivity index (χ3n) is 5.28. The predicted octanol–water partition coefficient (Wildman–Crippen LogP) is 0.435. The van der Waals surface area contributed by atoms with E-state index >= 15 is 0 Å². The first kappa shape index (κ1) is 24.5. The Morgan fingerprint density at radius 1 is 1.22 bits per heavy atom. The van der Waals surface area contributed by atoms with Crippen molar-refractivity contribution in [3.8, 4) is 0 Å². The van der Waals surface area contributed by atoms with E-state index in [1.54, 1.807) is 6.07 Å². The van der Waals surface area contributed by atoms with Crippen molar-refractivity contribution >= 4 is 49.7 Å². The first-order valence-corrected chi connectivity index (χ1v) is 12.1. The molecule has 2 heterocycles. The molecule has 13 heteroatoms. The summed E-state index contributed by atoms with van der Waals surface area (Å²) in [7, 11) is 0. The van der Waals surface area contributed by atoms with E-state index in [-0.39, 0.29) is 24.9 Å². The zero-order valence-corrected chi connectivity index (χ0v) is 22.0. The van der Waals surface area contributed by atoms with Crippen LogP contribution in [0.2, 0.25) is 0 Å². The van der Waals surface area contributed by atoms with Crippen LogP contribution in [0, 0.1) is 10.1 Å². The number of aliphatic hydroxyl groups excluding tert-OH is 1. The number of hydrogen-bond donors (Lipinski definition) is 1. The molecule has 1 aromatic carbocycles. The fourth-order valence-electron chi connectivity index (χ4n) is 3.55. The monoisotopic (exact) mass is 640 g/mol. The summed E-state index contributed by atoms with van der Waals surface area (Å²) in [4.78, 5) is 52.5. The standard InChI is InChI=1S/C19H23N4O8.Tl/c1-12(30-19(27)31-22-16(24)4-5-17(22)25)10-13-2-3-14(11-15(13)23(28)29)18(26)21-8-6-20-7-9-21;/h2-3,11-12,18,26H,4-10H2,1H3;/q-1;+1. The Balaban J connectivity index is 1.64. The molecule has 0 saturated carbocycles. The molecular formula is C19H23N4O8Tl. The van der Waals surface area contributed by atoms with Gasteiger partial charge in [-0.25, -0.2) is 4.79 Å². The number of hydrogen-bond acceptors (Lipinski definition) is 10. The van der Waals surface area contributed by atoms with Crippen LogP contribution in [0.1, 0.15) is 37.1 Å². The summed E-state index contributed by atoms with van der Waals surface area (Å²) in [6.45, 7) is 4.60. The van der Waals surface area contributed by atoms with E-state index in [0.29, 0.717) is 29.3 Å². The number of rotatable bonds is 7. The summed E-state index contributed by atoms with van der Waals surface area (Å²) >= 11 is 0.748. The van der Waals surface area contributed by atoms with Gasteiger partial charge < -0.3 is 0 Å². The van der Waals surface area contributed by atoms with Gasteiger partial charge >= 0.3 is 152 Å². The predicted molar refractivity (Wildman–Crippen MR) is 109 cm³/mol. The number of carbonyl (C=O) groups is 3. The van der Waals surface area contributed by atoms with E-state index in [0.717, 1.165) is 39.2 Å². The number of carbonyl (C=O) groups excluding carboxylic acids is 3. The van der Waals surface area contributed by atoms with Crippen molar-refractivity contribution in [1.82, 2.24) is 12.7 Å². The Labute approximate surface area is 200 Å². The van der Waals surface area contributed by atoms with Crippen LogP contribution in [0.3, 0.4) is 0 Å². The topological polar surface area (TPSA) is 143 Å².